The van der Waals surface area contributed by atoms with E-state index in [1.165, 1.54) is 41.3 Å². The second kappa shape index (κ2) is 17.1. The zero-order chi connectivity index (χ0) is 45.6. The highest BCUT2D eigenvalue weighted by Gasteiger charge is 2.62. The summed E-state index contributed by atoms with van der Waals surface area (Å²) in [5.41, 5.74) is -2.72. The number of carbonyl (C=O) groups is 5. The largest absolute Gasteiger partial charge is 0.444 e. The number of nitro benzene ring substituents is 1. The standard InChI is InChI=1S/C40H48FN7O13S2/c1-39(2,3)61-37(52)42-30-16-18-46(63(58,59)33-13-5-4-12-31(33)48(54)55)17-7-6-10-25-20-40(25,36(51)44-62(56,57)27-14-15-27)43-34(49)32-19-26(22-47(32)35(30)50)60-38(53)45-21-24-9-8-11-29(41)28(24)23-45/h4-6,8-13,25-27,30,32H,7,14-23H2,1-3H3,(H,42,52)(H,43,49)(H,44,51)/b10-6-/t25-,26-,30+,32?,40-/m1/s1. The van der Waals surface area contributed by atoms with Gasteiger partial charge in [-0.2, -0.15) is 4.31 Å². The van der Waals surface area contributed by atoms with Gasteiger partial charge in [0.25, 0.3) is 11.6 Å². The number of carbonyl (C=O) groups excluding carboxylic acids is 5. The van der Waals surface area contributed by atoms with Crippen LogP contribution in [0, 0.1) is 21.8 Å². The monoisotopic (exact) mass is 917 g/mol. The Morgan fingerprint density at radius 1 is 1.00 bits per heavy atom. The lowest BCUT2D eigenvalue weighted by Crippen LogP contribution is -2.58. The number of fused-ring (bicyclic) bond motifs is 3. The maximum atomic E-state index is 14.8. The van der Waals surface area contributed by atoms with Crippen molar-refractivity contribution in [2.75, 3.05) is 19.6 Å². The minimum Gasteiger partial charge on any atom is -0.444 e. The van der Waals surface area contributed by atoms with Crippen molar-refractivity contribution in [3.05, 3.63) is 81.7 Å². The van der Waals surface area contributed by atoms with Crippen LogP contribution in [0.15, 0.2) is 59.5 Å². The van der Waals surface area contributed by atoms with E-state index in [-0.39, 0.29) is 38.9 Å². The molecule has 7 rings (SSSR count). The van der Waals surface area contributed by atoms with Gasteiger partial charge in [0, 0.05) is 43.6 Å². The van der Waals surface area contributed by atoms with E-state index in [2.05, 4.69) is 15.4 Å². The molecule has 20 nitrogen and oxygen atoms in total. The first-order chi connectivity index (χ1) is 29.6. The van der Waals surface area contributed by atoms with Crippen LogP contribution in [0.4, 0.5) is 19.7 Å². The third-order valence-electron chi connectivity index (χ3n) is 11.5. The number of nitrogens with zero attached hydrogens (tertiary/aromatic N) is 4. The highest BCUT2D eigenvalue weighted by atomic mass is 32.2. The van der Waals surface area contributed by atoms with E-state index in [0.717, 1.165) is 21.3 Å². The molecule has 5 atom stereocenters. The first-order valence-corrected chi connectivity index (χ1v) is 23.4. The third-order valence-corrected chi connectivity index (χ3v) is 15.3. The molecule has 3 N–H and O–H groups in total. The van der Waals surface area contributed by atoms with Crippen molar-refractivity contribution < 1.29 is 59.6 Å². The van der Waals surface area contributed by atoms with E-state index in [1.54, 1.807) is 26.8 Å². The van der Waals surface area contributed by atoms with Crippen molar-refractivity contribution in [2.24, 2.45) is 5.92 Å². The summed E-state index contributed by atoms with van der Waals surface area (Å²) in [6.07, 6.45) is -0.250. The van der Waals surface area contributed by atoms with E-state index in [4.69, 9.17) is 9.47 Å². The van der Waals surface area contributed by atoms with Crippen LogP contribution in [0.25, 0.3) is 0 Å². The summed E-state index contributed by atoms with van der Waals surface area (Å²) in [6, 6.07) is 6.04. The average molecular weight is 918 g/mol. The summed E-state index contributed by atoms with van der Waals surface area (Å²) in [5, 5.41) is 16.3. The predicted octanol–water partition coefficient (Wildman–Crippen LogP) is 2.57. The number of ether oxygens (including phenoxy) is 2. The van der Waals surface area contributed by atoms with Crippen molar-refractivity contribution in [1.29, 1.82) is 0 Å². The quantitative estimate of drug-likeness (QED) is 0.196. The van der Waals surface area contributed by atoms with Gasteiger partial charge < -0.3 is 25.0 Å². The van der Waals surface area contributed by atoms with Crippen molar-refractivity contribution in [3.8, 4) is 0 Å². The van der Waals surface area contributed by atoms with Crippen LogP contribution in [0.3, 0.4) is 0 Å². The van der Waals surface area contributed by atoms with E-state index in [1.807, 2.05) is 0 Å². The Morgan fingerprint density at radius 3 is 2.41 bits per heavy atom. The number of sulfonamides is 2. The molecular weight excluding hydrogens is 870 g/mol. The number of nitro groups is 1. The van der Waals surface area contributed by atoms with Crippen molar-refractivity contribution >= 4 is 55.6 Å². The molecule has 3 aliphatic heterocycles. The Morgan fingerprint density at radius 2 is 1.73 bits per heavy atom. The Labute approximate surface area is 362 Å². The maximum Gasteiger partial charge on any atom is 0.410 e. The van der Waals surface area contributed by atoms with E-state index in [9.17, 15) is 55.3 Å². The van der Waals surface area contributed by atoms with Crippen LogP contribution < -0.4 is 15.4 Å². The van der Waals surface area contributed by atoms with Gasteiger partial charge in [-0.1, -0.05) is 36.4 Å². The van der Waals surface area contributed by atoms with Gasteiger partial charge >= 0.3 is 12.2 Å². The maximum absolute atomic E-state index is 14.8. The number of benzene rings is 2. The molecule has 3 heterocycles. The molecule has 0 bridgehead atoms. The Hall–Kier alpha value is -5.68. The van der Waals surface area contributed by atoms with Gasteiger partial charge in [-0.05, 0) is 70.6 Å². The molecule has 23 heteroatoms. The highest BCUT2D eigenvalue weighted by Crippen LogP contribution is 2.46. The first kappa shape index (κ1) is 45.3. The lowest BCUT2D eigenvalue weighted by atomic mass is 10.1. The molecule has 5 amide bonds. The fraction of sp³-hybridized carbons (Fsp3) is 0.525. The Balaban J connectivity index is 1.24. The second-order valence-electron chi connectivity index (χ2n) is 17.3. The van der Waals surface area contributed by atoms with Gasteiger partial charge in [-0.25, -0.2) is 30.8 Å². The molecule has 2 aromatic carbocycles. The lowest BCUT2D eigenvalue weighted by Gasteiger charge is -2.31. The lowest BCUT2D eigenvalue weighted by molar-refractivity contribution is -0.387. The summed E-state index contributed by atoms with van der Waals surface area (Å²) in [4.78, 5) is 82.7. The topological polar surface area (TPSA) is 261 Å². The van der Waals surface area contributed by atoms with Gasteiger partial charge in [0.1, 0.15) is 35.1 Å². The molecule has 2 saturated carbocycles. The molecule has 2 aromatic rings. The van der Waals surface area contributed by atoms with Gasteiger partial charge in [-0.15, -0.1) is 0 Å². The fourth-order valence-electron chi connectivity index (χ4n) is 8.05. The van der Waals surface area contributed by atoms with Crippen LogP contribution in [-0.4, -0.2) is 120 Å². The van der Waals surface area contributed by atoms with Crippen LogP contribution in [0.1, 0.15) is 70.4 Å². The Kier molecular flexibility index (Phi) is 12.3. The fourth-order valence-corrected chi connectivity index (χ4v) is 11.0. The minimum atomic E-state index is -4.67. The highest BCUT2D eigenvalue weighted by molar-refractivity contribution is 7.91. The van der Waals surface area contributed by atoms with E-state index < -0.39 is 131 Å². The average Bonchev–Trinajstić information content (AvgIpc) is 4.09. The number of hydrogen-bond acceptors (Lipinski definition) is 13. The molecule has 5 aliphatic rings. The molecule has 63 heavy (non-hydrogen) atoms. The predicted molar refractivity (Wildman–Crippen MR) is 218 cm³/mol. The van der Waals surface area contributed by atoms with Crippen LogP contribution in [0.5, 0.6) is 0 Å². The van der Waals surface area contributed by atoms with Gasteiger partial charge in [0.2, 0.25) is 31.9 Å². The third kappa shape index (κ3) is 9.78. The molecule has 0 radical (unpaired) electrons. The summed E-state index contributed by atoms with van der Waals surface area (Å²) >= 11 is 0. The SMILES string of the molecule is CC(C)(C)OC(=O)N[C@H]1CCN(S(=O)(=O)c2ccccc2[N+](=O)[O-])CC/C=C\[C@@H]2C[C@@]2(C(=O)NS(=O)(=O)C2CC2)NC(=O)C2C[C@@H](OC(=O)N3Cc4cccc(F)c4C3)CN2C1=O. The molecule has 3 fully saturated rings. The number of para-hydroxylation sites is 1. The minimum absolute atomic E-state index is 0.0228. The molecular formula is C40H48FN7O13S2. The van der Waals surface area contributed by atoms with E-state index >= 15 is 0 Å². The van der Waals surface area contributed by atoms with Crippen LogP contribution >= 0.6 is 0 Å². The molecule has 2 aliphatic carbocycles. The van der Waals surface area contributed by atoms with Crippen LogP contribution in [0.2, 0.25) is 0 Å². The first-order valence-electron chi connectivity index (χ1n) is 20.4. The zero-order valence-electron chi connectivity index (χ0n) is 34.7. The smallest absolute Gasteiger partial charge is 0.410 e. The second-order valence-corrected chi connectivity index (χ2v) is 21.1. The molecule has 340 valence electrons. The van der Waals surface area contributed by atoms with Crippen molar-refractivity contribution in [1.82, 2.24) is 29.5 Å². The van der Waals surface area contributed by atoms with Crippen LogP contribution in [-0.2, 0) is 57.0 Å². The van der Waals surface area contributed by atoms with E-state index in [0.29, 0.717) is 24.0 Å². The normalized spacial score (nSPS) is 26.2. The Bertz CT molecular complexity index is 2480. The number of halogens is 1. The van der Waals surface area contributed by atoms with Crippen molar-refractivity contribution in [2.45, 2.75) is 112 Å². The summed E-state index contributed by atoms with van der Waals surface area (Å²) < 4.78 is 83.1. The van der Waals surface area contributed by atoms with Gasteiger partial charge in [0.15, 0.2) is 4.90 Å². The number of rotatable bonds is 8. The molecule has 0 aromatic heterocycles. The number of alkyl carbamates (subject to hydrolysis) is 1. The molecule has 1 saturated heterocycles. The number of hydrogen-bond donors (Lipinski definition) is 3. The van der Waals surface area contributed by atoms with Crippen molar-refractivity contribution in [3.63, 3.8) is 0 Å². The molecule has 0 spiro atoms. The number of amides is 5. The zero-order valence-corrected chi connectivity index (χ0v) is 36.3. The van der Waals surface area contributed by atoms with Gasteiger partial charge in [-0.3, -0.25) is 34.1 Å². The number of nitrogens with one attached hydrogen (secondary N) is 3. The molecule has 1 unspecified atom stereocenters. The summed E-state index contributed by atoms with van der Waals surface area (Å²) in [7, 11) is -8.77. The summed E-state index contributed by atoms with van der Waals surface area (Å²) in [6.45, 7) is 3.40. The summed E-state index contributed by atoms with van der Waals surface area (Å²) in [5.74, 6) is -4.16. The van der Waals surface area contributed by atoms with Gasteiger partial charge in [0.05, 0.1) is 23.3 Å².